The van der Waals surface area contributed by atoms with Crippen molar-refractivity contribution in [3.8, 4) is 0 Å². The van der Waals surface area contributed by atoms with Crippen molar-refractivity contribution in [2.24, 2.45) is 0 Å². The van der Waals surface area contributed by atoms with E-state index in [4.69, 9.17) is 14.6 Å². The van der Waals surface area contributed by atoms with Gasteiger partial charge in [-0.05, 0) is 19.8 Å². The minimum Gasteiger partial charge on any atom is -0.481 e. The molecule has 21 heavy (non-hydrogen) atoms. The van der Waals surface area contributed by atoms with Crippen molar-refractivity contribution in [2.45, 2.75) is 44.4 Å². The van der Waals surface area contributed by atoms with Crippen LogP contribution in [0.5, 0.6) is 0 Å². The Morgan fingerprint density at radius 2 is 2.33 bits per heavy atom. The molecule has 0 bridgehead atoms. The van der Waals surface area contributed by atoms with Crippen molar-refractivity contribution in [3.05, 3.63) is 0 Å². The summed E-state index contributed by atoms with van der Waals surface area (Å²) in [5.41, 5.74) is 0. The lowest BCUT2D eigenvalue weighted by molar-refractivity contribution is -0.148. The molecular formula is C14H23NO5S. The van der Waals surface area contributed by atoms with Crippen molar-refractivity contribution in [2.75, 3.05) is 31.3 Å². The van der Waals surface area contributed by atoms with Crippen LogP contribution >= 0.6 is 11.8 Å². The molecule has 2 rings (SSSR count). The highest BCUT2D eigenvalue weighted by atomic mass is 32.2. The molecule has 2 saturated heterocycles. The lowest BCUT2D eigenvalue weighted by Gasteiger charge is -2.36. The number of thioether (sulfide) groups is 1. The van der Waals surface area contributed by atoms with Crippen LogP contribution in [0.1, 0.15) is 26.2 Å². The van der Waals surface area contributed by atoms with Gasteiger partial charge < -0.3 is 19.5 Å². The number of carbonyl (C=O) groups is 2. The van der Waals surface area contributed by atoms with Gasteiger partial charge in [0.05, 0.1) is 25.2 Å². The van der Waals surface area contributed by atoms with Crippen LogP contribution in [-0.4, -0.2) is 71.4 Å². The van der Waals surface area contributed by atoms with E-state index < -0.39 is 12.1 Å². The molecule has 0 aliphatic carbocycles. The lowest BCUT2D eigenvalue weighted by Crippen LogP contribution is -2.51. The maximum Gasteiger partial charge on any atom is 0.305 e. The van der Waals surface area contributed by atoms with E-state index in [0.717, 1.165) is 25.2 Å². The van der Waals surface area contributed by atoms with E-state index in [2.05, 4.69) is 0 Å². The molecule has 1 N–H and O–H groups in total. The number of carbonyl (C=O) groups excluding carboxylic acids is 1. The standard InChI is InChI=1S/C14H23NO5S/c1-10(20-8-12-3-2-5-19-12)14(18)15-4-6-21-9-11(15)7-13(16)17/h10-12H,2-9H2,1H3,(H,16,17). The number of hydrogen-bond donors (Lipinski definition) is 1. The van der Waals surface area contributed by atoms with E-state index in [0.29, 0.717) is 18.9 Å². The molecule has 2 fully saturated rings. The molecule has 0 aromatic heterocycles. The average Bonchev–Trinajstić information content (AvgIpc) is 2.97. The van der Waals surface area contributed by atoms with Gasteiger partial charge in [-0.1, -0.05) is 0 Å². The number of amides is 1. The van der Waals surface area contributed by atoms with Crippen molar-refractivity contribution in [3.63, 3.8) is 0 Å². The largest absolute Gasteiger partial charge is 0.481 e. The molecule has 3 unspecified atom stereocenters. The van der Waals surface area contributed by atoms with Gasteiger partial charge in [0.25, 0.3) is 5.91 Å². The highest BCUT2D eigenvalue weighted by Gasteiger charge is 2.32. The van der Waals surface area contributed by atoms with Crippen molar-refractivity contribution in [1.82, 2.24) is 4.90 Å². The molecule has 120 valence electrons. The van der Waals surface area contributed by atoms with Gasteiger partial charge in [-0.2, -0.15) is 11.8 Å². The van der Waals surface area contributed by atoms with Gasteiger partial charge in [-0.15, -0.1) is 0 Å². The van der Waals surface area contributed by atoms with Gasteiger partial charge in [0.15, 0.2) is 0 Å². The summed E-state index contributed by atoms with van der Waals surface area (Å²) in [6.07, 6.45) is 1.56. The van der Waals surface area contributed by atoms with E-state index in [1.165, 1.54) is 0 Å². The number of carboxylic acids is 1. The predicted molar refractivity (Wildman–Crippen MR) is 79.5 cm³/mol. The Morgan fingerprint density at radius 3 is 3.00 bits per heavy atom. The number of aliphatic carboxylic acids is 1. The van der Waals surface area contributed by atoms with Gasteiger partial charge in [-0.25, -0.2) is 0 Å². The first-order valence-electron chi connectivity index (χ1n) is 7.41. The summed E-state index contributed by atoms with van der Waals surface area (Å²) >= 11 is 1.69. The van der Waals surface area contributed by atoms with Crippen molar-refractivity contribution in [1.29, 1.82) is 0 Å². The fourth-order valence-electron chi connectivity index (χ4n) is 2.65. The number of hydrogen-bond acceptors (Lipinski definition) is 5. The van der Waals surface area contributed by atoms with Crippen LogP contribution in [0.4, 0.5) is 0 Å². The van der Waals surface area contributed by atoms with Crippen molar-refractivity contribution >= 4 is 23.6 Å². The number of nitrogens with zero attached hydrogens (tertiary/aromatic N) is 1. The van der Waals surface area contributed by atoms with Gasteiger partial charge in [0.2, 0.25) is 0 Å². The Bertz CT molecular complexity index is 372. The summed E-state index contributed by atoms with van der Waals surface area (Å²) in [4.78, 5) is 25.0. The summed E-state index contributed by atoms with van der Waals surface area (Å²) in [6.45, 7) is 3.52. The molecule has 7 heteroatoms. The zero-order chi connectivity index (χ0) is 15.2. The second-order valence-corrected chi connectivity index (χ2v) is 6.62. The molecule has 2 aliphatic heterocycles. The van der Waals surface area contributed by atoms with Gasteiger partial charge in [0, 0.05) is 24.7 Å². The van der Waals surface area contributed by atoms with E-state index >= 15 is 0 Å². The molecule has 3 atom stereocenters. The Labute approximate surface area is 129 Å². The first kappa shape index (κ1) is 16.6. The molecule has 1 amide bonds. The molecule has 2 aliphatic rings. The fraction of sp³-hybridized carbons (Fsp3) is 0.857. The van der Waals surface area contributed by atoms with Crippen LogP contribution in [0.3, 0.4) is 0 Å². The van der Waals surface area contributed by atoms with Crippen LogP contribution in [0.25, 0.3) is 0 Å². The highest BCUT2D eigenvalue weighted by molar-refractivity contribution is 7.99. The van der Waals surface area contributed by atoms with E-state index in [1.54, 1.807) is 23.6 Å². The predicted octanol–water partition coefficient (Wildman–Crippen LogP) is 0.989. The molecule has 0 aromatic rings. The molecule has 0 radical (unpaired) electrons. The third kappa shape index (κ3) is 4.86. The summed E-state index contributed by atoms with van der Waals surface area (Å²) in [5, 5.41) is 8.96. The molecular weight excluding hydrogens is 294 g/mol. The third-order valence-electron chi connectivity index (χ3n) is 3.82. The number of ether oxygens (including phenoxy) is 2. The minimum atomic E-state index is -0.867. The average molecular weight is 317 g/mol. The second-order valence-electron chi connectivity index (χ2n) is 5.47. The Morgan fingerprint density at radius 1 is 1.52 bits per heavy atom. The normalized spacial score (nSPS) is 27.6. The summed E-state index contributed by atoms with van der Waals surface area (Å²) in [5.74, 6) is 0.546. The lowest BCUT2D eigenvalue weighted by atomic mass is 10.1. The smallest absolute Gasteiger partial charge is 0.305 e. The quantitative estimate of drug-likeness (QED) is 0.787. The fourth-order valence-corrected chi connectivity index (χ4v) is 3.71. The zero-order valence-electron chi connectivity index (χ0n) is 12.3. The number of carboxylic acid groups (broad SMARTS) is 1. The third-order valence-corrected chi connectivity index (χ3v) is 4.92. The summed E-state index contributed by atoms with van der Waals surface area (Å²) in [6, 6.07) is -0.234. The number of rotatable bonds is 6. The van der Waals surface area contributed by atoms with Crippen molar-refractivity contribution < 1.29 is 24.2 Å². The zero-order valence-corrected chi connectivity index (χ0v) is 13.1. The second kappa shape index (κ2) is 8.00. The van der Waals surface area contributed by atoms with E-state index in [-0.39, 0.29) is 24.5 Å². The Balaban J connectivity index is 1.84. The van der Waals surface area contributed by atoms with Crippen LogP contribution in [0, 0.1) is 0 Å². The monoisotopic (exact) mass is 317 g/mol. The maximum absolute atomic E-state index is 12.5. The van der Waals surface area contributed by atoms with Crippen LogP contribution in [-0.2, 0) is 19.1 Å². The first-order chi connectivity index (χ1) is 10.1. The van der Waals surface area contributed by atoms with Gasteiger partial charge in [0.1, 0.15) is 6.10 Å². The van der Waals surface area contributed by atoms with Gasteiger partial charge >= 0.3 is 5.97 Å². The van der Waals surface area contributed by atoms with Crippen LogP contribution < -0.4 is 0 Å². The summed E-state index contributed by atoms with van der Waals surface area (Å²) < 4.78 is 11.1. The molecule has 6 nitrogen and oxygen atoms in total. The topological polar surface area (TPSA) is 76.1 Å². The van der Waals surface area contributed by atoms with Crippen LogP contribution in [0.15, 0.2) is 0 Å². The van der Waals surface area contributed by atoms with E-state index in [1.807, 2.05) is 0 Å². The Kier molecular flexibility index (Phi) is 6.32. The van der Waals surface area contributed by atoms with E-state index in [9.17, 15) is 9.59 Å². The summed E-state index contributed by atoms with van der Waals surface area (Å²) in [7, 11) is 0. The Hall–Kier alpha value is -0.790. The molecule has 0 aromatic carbocycles. The molecule has 0 saturated carbocycles. The molecule has 0 spiro atoms. The minimum absolute atomic E-state index is 0.00278. The van der Waals surface area contributed by atoms with Gasteiger partial charge in [-0.3, -0.25) is 9.59 Å². The highest BCUT2D eigenvalue weighted by Crippen LogP contribution is 2.21. The SMILES string of the molecule is CC(OCC1CCCO1)C(=O)N1CCSCC1CC(=O)O. The van der Waals surface area contributed by atoms with Crippen LogP contribution in [0.2, 0.25) is 0 Å². The first-order valence-corrected chi connectivity index (χ1v) is 8.56. The maximum atomic E-state index is 12.5. The molecule has 2 heterocycles.